The van der Waals surface area contributed by atoms with Crippen LogP contribution in [0, 0.1) is 0 Å². The predicted molar refractivity (Wildman–Crippen MR) is 103 cm³/mol. The first kappa shape index (κ1) is 17.7. The summed E-state index contributed by atoms with van der Waals surface area (Å²) >= 11 is 0. The highest BCUT2D eigenvalue weighted by atomic mass is 16.5. The Bertz CT molecular complexity index is 788. The number of carbonyl (C=O) groups excluding carboxylic acids is 1. The van der Waals surface area contributed by atoms with Crippen LogP contribution in [0.25, 0.3) is 0 Å². The van der Waals surface area contributed by atoms with Crippen molar-refractivity contribution >= 4 is 11.7 Å². The number of benzene rings is 1. The van der Waals surface area contributed by atoms with Gasteiger partial charge in [0.15, 0.2) is 6.61 Å². The SMILES string of the molecule is CNc1nc([C@H]2CCCN2)nc2c1CN(C(=O)COc1ccccc1)CC2. The van der Waals surface area contributed by atoms with E-state index in [-0.39, 0.29) is 18.6 Å². The molecule has 0 spiro atoms. The fraction of sp³-hybridized carbons (Fsp3) is 0.450. The first-order valence-corrected chi connectivity index (χ1v) is 9.51. The summed E-state index contributed by atoms with van der Waals surface area (Å²) in [4.78, 5) is 23.9. The van der Waals surface area contributed by atoms with Crippen LogP contribution >= 0.6 is 0 Å². The van der Waals surface area contributed by atoms with Gasteiger partial charge >= 0.3 is 0 Å². The molecule has 1 amide bonds. The molecule has 4 rings (SSSR count). The van der Waals surface area contributed by atoms with Crippen molar-refractivity contribution in [1.29, 1.82) is 0 Å². The largest absolute Gasteiger partial charge is 0.484 e. The van der Waals surface area contributed by atoms with Gasteiger partial charge in [-0.1, -0.05) is 18.2 Å². The lowest BCUT2D eigenvalue weighted by molar-refractivity contribution is -0.134. The molecule has 1 aromatic heterocycles. The number of rotatable bonds is 5. The van der Waals surface area contributed by atoms with Crippen LogP contribution in [0.1, 0.15) is 36.0 Å². The summed E-state index contributed by atoms with van der Waals surface area (Å²) in [5.41, 5.74) is 2.06. The van der Waals surface area contributed by atoms with Crippen LogP contribution in [-0.4, -0.2) is 47.5 Å². The molecule has 0 aliphatic carbocycles. The Morgan fingerprint density at radius 1 is 1.33 bits per heavy atom. The van der Waals surface area contributed by atoms with Crippen LogP contribution in [0.2, 0.25) is 0 Å². The van der Waals surface area contributed by atoms with Gasteiger partial charge in [-0.15, -0.1) is 0 Å². The van der Waals surface area contributed by atoms with Gasteiger partial charge in [0.05, 0.1) is 18.3 Å². The molecule has 27 heavy (non-hydrogen) atoms. The lowest BCUT2D eigenvalue weighted by Crippen LogP contribution is -2.39. The summed E-state index contributed by atoms with van der Waals surface area (Å²) in [6.45, 7) is 2.23. The number of hydrogen-bond acceptors (Lipinski definition) is 6. The molecule has 3 heterocycles. The highest BCUT2D eigenvalue weighted by Gasteiger charge is 2.28. The van der Waals surface area contributed by atoms with E-state index in [1.165, 1.54) is 0 Å². The zero-order chi connectivity index (χ0) is 18.6. The van der Waals surface area contributed by atoms with E-state index in [9.17, 15) is 4.79 Å². The Kier molecular flexibility index (Phi) is 5.20. The van der Waals surface area contributed by atoms with Gasteiger partial charge in [-0.3, -0.25) is 4.79 Å². The molecule has 2 aliphatic heterocycles. The van der Waals surface area contributed by atoms with E-state index in [0.29, 0.717) is 18.8 Å². The minimum Gasteiger partial charge on any atom is -0.484 e. The van der Waals surface area contributed by atoms with Crippen LogP contribution in [0.5, 0.6) is 5.75 Å². The van der Waals surface area contributed by atoms with E-state index in [1.54, 1.807) is 0 Å². The highest BCUT2D eigenvalue weighted by Crippen LogP contribution is 2.28. The Balaban J connectivity index is 1.46. The molecule has 2 aliphatic rings. The van der Waals surface area contributed by atoms with Crippen LogP contribution < -0.4 is 15.4 Å². The minimum atomic E-state index is -0.0203. The number of nitrogens with zero attached hydrogens (tertiary/aromatic N) is 3. The van der Waals surface area contributed by atoms with Crippen molar-refractivity contribution in [3.05, 3.63) is 47.4 Å². The van der Waals surface area contributed by atoms with Crippen molar-refractivity contribution < 1.29 is 9.53 Å². The number of ether oxygens (including phenoxy) is 1. The van der Waals surface area contributed by atoms with Gasteiger partial charge in [-0.2, -0.15) is 0 Å². The molecule has 1 aromatic carbocycles. The normalized spacial score (nSPS) is 18.9. The molecule has 1 saturated heterocycles. The molecule has 0 radical (unpaired) electrons. The van der Waals surface area contributed by atoms with Crippen molar-refractivity contribution in [2.45, 2.75) is 31.8 Å². The summed E-state index contributed by atoms with van der Waals surface area (Å²) in [5.74, 6) is 2.37. The van der Waals surface area contributed by atoms with Gasteiger partial charge in [0.1, 0.15) is 17.4 Å². The molecule has 0 unspecified atom stereocenters. The van der Waals surface area contributed by atoms with E-state index < -0.39 is 0 Å². The average molecular weight is 367 g/mol. The highest BCUT2D eigenvalue weighted by molar-refractivity contribution is 5.78. The van der Waals surface area contributed by atoms with Crippen LogP contribution in [-0.2, 0) is 17.8 Å². The van der Waals surface area contributed by atoms with Gasteiger partial charge in [-0.05, 0) is 31.5 Å². The molecular weight excluding hydrogens is 342 g/mol. The van der Waals surface area contributed by atoms with Crippen molar-refractivity contribution in [3.63, 3.8) is 0 Å². The lowest BCUT2D eigenvalue weighted by atomic mass is 10.0. The van der Waals surface area contributed by atoms with Gasteiger partial charge in [0.25, 0.3) is 5.91 Å². The van der Waals surface area contributed by atoms with E-state index in [1.807, 2.05) is 42.3 Å². The summed E-state index contributed by atoms with van der Waals surface area (Å²) in [6.07, 6.45) is 2.97. The number of aromatic nitrogens is 2. The molecule has 0 bridgehead atoms. The number of carbonyl (C=O) groups is 1. The molecule has 142 valence electrons. The smallest absolute Gasteiger partial charge is 0.260 e. The minimum absolute atomic E-state index is 0.0203. The predicted octanol–water partition coefficient (Wildman–Crippen LogP) is 1.91. The first-order chi connectivity index (χ1) is 13.2. The van der Waals surface area contributed by atoms with Crippen molar-refractivity contribution in [2.24, 2.45) is 0 Å². The van der Waals surface area contributed by atoms with Crippen molar-refractivity contribution in [2.75, 3.05) is 32.1 Å². The topological polar surface area (TPSA) is 79.4 Å². The fourth-order valence-electron chi connectivity index (χ4n) is 3.67. The molecular formula is C20H25N5O2. The fourth-order valence-corrected chi connectivity index (χ4v) is 3.67. The van der Waals surface area contributed by atoms with Crippen molar-refractivity contribution in [1.82, 2.24) is 20.2 Å². The molecule has 2 N–H and O–H groups in total. The van der Waals surface area contributed by atoms with Gasteiger partial charge in [-0.25, -0.2) is 9.97 Å². The lowest BCUT2D eigenvalue weighted by Gasteiger charge is -2.30. The van der Waals surface area contributed by atoms with E-state index in [4.69, 9.17) is 14.7 Å². The van der Waals surface area contributed by atoms with Gasteiger partial charge < -0.3 is 20.3 Å². The molecule has 7 nitrogen and oxygen atoms in total. The Labute approximate surface area is 159 Å². The maximum absolute atomic E-state index is 12.6. The zero-order valence-corrected chi connectivity index (χ0v) is 15.6. The third-order valence-corrected chi connectivity index (χ3v) is 5.14. The van der Waals surface area contributed by atoms with Crippen LogP contribution in [0.3, 0.4) is 0 Å². The third kappa shape index (κ3) is 3.88. The summed E-state index contributed by atoms with van der Waals surface area (Å²) in [6, 6.07) is 9.65. The molecule has 0 saturated carbocycles. The summed E-state index contributed by atoms with van der Waals surface area (Å²) in [5, 5.41) is 6.64. The quantitative estimate of drug-likeness (QED) is 0.840. The molecule has 1 atom stereocenters. The van der Waals surface area contributed by atoms with Gasteiger partial charge in [0.2, 0.25) is 0 Å². The van der Waals surface area contributed by atoms with E-state index in [2.05, 4.69) is 10.6 Å². The van der Waals surface area contributed by atoms with E-state index >= 15 is 0 Å². The number of para-hydroxylation sites is 1. The van der Waals surface area contributed by atoms with E-state index in [0.717, 1.165) is 48.7 Å². The summed E-state index contributed by atoms with van der Waals surface area (Å²) in [7, 11) is 1.87. The standard InChI is InChI=1S/C20H25N5O2/c1-21-19-15-12-25(18(26)13-27-14-6-3-2-4-7-14)11-9-16(15)23-20(24-19)17-8-5-10-22-17/h2-4,6-7,17,22H,5,8-13H2,1H3,(H,21,23,24)/t17-/m1/s1. The first-order valence-electron chi connectivity index (χ1n) is 9.51. The Morgan fingerprint density at radius 3 is 2.93 bits per heavy atom. The number of nitrogens with one attached hydrogen (secondary N) is 2. The second kappa shape index (κ2) is 7.92. The maximum Gasteiger partial charge on any atom is 0.260 e. The second-order valence-corrected chi connectivity index (χ2v) is 6.92. The number of hydrogen-bond donors (Lipinski definition) is 2. The Hall–Kier alpha value is -2.67. The summed E-state index contributed by atoms with van der Waals surface area (Å²) < 4.78 is 5.61. The monoisotopic (exact) mass is 367 g/mol. The van der Waals surface area contributed by atoms with Crippen LogP contribution in [0.15, 0.2) is 30.3 Å². The number of anilines is 1. The third-order valence-electron chi connectivity index (χ3n) is 5.14. The van der Waals surface area contributed by atoms with Crippen LogP contribution in [0.4, 0.5) is 5.82 Å². The zero-order valence-electron chi connectivity index (χ0n) is 15.6. The van der Waals surface area contributed by atoms with Crippen molar-refractivity contribution in [3.8, 4) is 5.75 Å². The van der Waals surface area contributed by atoms with Gasteiger partial charge in [0, 0.05) is 25.6 Å². The second-order valence-electron chi connectivity index (χ2n) is 6.92. The number of fused-ring (bicyclic) bond motifs is 1. The Morgan fingerprint density at radius 2 is 2.19 bits per heavy atom. The average Bonchev–Trinajstić information content (AvgIpc) is 3.26. The molecule has 1 fully saturated rings. The number of amides is 1. The maximum atomic E-state index is 12.6. The molecule has 7 heteroatoms. The molecule has 2 aromatic rings.